The number of amides is 3. The lowest BCUT2D eigenvalue weighted by atomic mass is 10.0. The third kappa shape index (κ3) is 3.09. The van der Waals surface area contributed by atoms with Crippen LogP contribution in [0.25, 0.3) is 0 Å². The number of benzene rings is 1. The van der Waals surface area contributed by atoms with E-state index in [1.807, 2.05) is 17.5 Å². The van der Waals surface area contributed by atoms with Crippen molar-refractivity contribution in [3.63, 3.8) is 0 Å². The molecule has 1 aliphatic rings. The maximum absolute atomic E-state index is 13.7. The van der Waals surface area contributed by atoms with Gasteiger partial charge in [0.25, 0.3) is 5.91 Å². The van der Waals surface area contributed by atoms with E-state index in [1.54, 1.807) is 19.1 Å². The number of anilines is 1. The zero-order valence-corrected chi connectivity index (χ0v) is 13.0. The second kappa shape index (κ2) is 6.21. The van der Waals surface area contributed by atoms with Crippen molar-refractivity contribution < 1.29 is 14.0 Å². The summed E-state index contributed by atoms with van der Waals surface area (Å²) in [6.07, 6.45) is 0. The van der Waals surface area contributed by atoms with Crippen molar-refractivity contribution in [2.24, 2.45) is 0 Å². The predicted octanol–water partition coefficient (Wildman–Crippen LogP) is 3.15. The van der Waals surface area contributed by atoms with Gasteiger partial charge in [-0.25, -0.2) is 9.18 Å². The van der Waals surface area contributed by atoms with Crippen molar-refractivity contribution in [3.8, 4) is 0 Å². The van der Waals surface area contributed by atoms with E-state index >= 15 is 0 Å². The van der Waals surface area contributed by atoms with E-state index in [2.05, 4.69) is 16.0 Å². The van der Waals surface area contributed by atoms with E-state index in [4.69, 9.17) is 0 Å². The SMILES string of the molecule is CC1=C(C(=O)Nc2ccccc2F)[C@H](c2cccs2)NC(=O)N1. The largest absolute Gasteiger partial charge is 0.326 e. The lowest BCUT2D eigenvalue weighted by molar-refractivity contribution is -0.113. The summed E-state index contributed by atoms with van der Waals surface area (Å²) < 4.78 is 13.7. The average molecular weight is 331 g/mol. The van der Waals surface area contributed by atoms with Crippen LogP contribution in [0.1, 0.15) is 17.8 Å². The highest BCUT2D eigenvalue weighted by molar-refractivity contribution is 7.10. The zero-order chi connectivity index (χ0) is 16.4. The lowest BCUT2D eigenvalue weighted by Gasteiger charge is -2.27. The maximum Gasteiger partial charge on any atom is 0.319 e. The molecule has 5 nitrogen and oxygen atoms in total. The molecule has 3 amide bonds. The third-order valence-corrected chi connectivity index (χ3v) is 4.40. The summed E-state index contributed by atoms with van der Waals surface area (Å²) in [4.78, 5) is 25.2. The summed E-state index contributed by atoms with van der Waals surface area (Å²) in [5.74, 6) is -0.974. The smallest absolute Gasteiger partial charge is 0.319 e. The molecule has 1 aromatic heterocycles. The van der Waals surface area contributed by atoms with Crippen LogP contribution in [0.15, 0.2) is 53.0 Å². The molecule has 1 aliphatic heterocycles. The van der Waals surface area contributed by atoms with Gasteiger partial charge in [-0.05, 0) is 30.5 Å². The molecule has 1 aromatic carbocycles. The van der Waals surface area contributed by atoms with Gasteiger partial charge in [-0.15, -0.1) is 11.3 Å². The van der Waals surface area contributed by atoms with Crippen LogP contribution in [-0.4, -0.2) is 11.9 Å². The van der Waals surface area contributed by atoms with Gasteiger partial charge in [0.1, 0.15) is 5.82 Å². The van der Waals surface area contributed by atoms with Gasteiger partial charge in [-0.3, -0.25) is 4.79 Å². The second-order valence-corrected chi connectivity index (χ2v) is 6.00. The molecule has 0 radical (unpaired) electrons. The van der Waals surface area contributed by atoms with Crippen molar-refractivity contribution in [2.75, 3.05) is 5.32 Å². The van der Waals surface area contributed by atoms with Crippen molar-refractivity contribution in [1.82, 2.24) is 10.6 Å². The van der Waals surface area contributed by atoms with Crippen LogP contribution in [0.4, 0.5) is 14.9 Å². The standard InChI is InChI=1S/C16H14FN3O2S/c1-9-13(15(21)19-11-6-3-2-5-10(11)17)14(20-16(22)18-9)12-7-4-8-23-12/h2-8,14H,1H3,(H,19,21)(H2,18,20,22)/t14-/m0/s1. The average Bonchev–Trinajstić information content (AvgIpc) is 3.03. The molecule has 0 unspecified atom stereocenters. The fourth-order valence-electron chi connectivity index (χ4n) is 2.42. The summed E-state index contributed by atoms with van der Waals surface area (Å²) in [6.45, 7) is 1.65. The van der Waals surface area contributed by atoms with Crippen LogP contribution >= 0.6 is 11.3 Å². The molecule has 2 heterocycles. The molecule has 23 heavy (non-hydrogen) atoms. The fourth-order valence-corrected chi connectivity index (χ4v) is 3.20. The van der Waals surface area contributed by atoms with Crippen LogP contribution in [0.2, 0.25) is 0 Å². The number of para-hydroxylation sites is 1. The van der Waals surface area contributed by atoms with E-state index in [1.165, 1.54) is 23.5 Å². The van der Waals surface area contributed by atoms with Crippen LogP contribution in [0.5, 0.6) is 0 Å². The van der Waals surface area contributed by atoms with Crippen molar-refractivity contribution in [1.29, 1.82) is 0 Å². The number of carbonyl (C=O) groups excluding carboxylic acids is 2. The quantitative estimate of drug-likeness (QED) is 0.808. The zero-order valence-electron chi connectivity index (χ0n) is 12.2. The van der Waals surface area contributed by atoms with Gasteiger partial charge in [-0.2, -0.15) is 0 Å². The molecule has 0 aliphatic carbocycles. The summed E-state index contributed by atoms with van der Waals surface area (Å²) in [5.41, 5.74) is 0.899. The highest BCUT2D eigenvalue weighted by atomic mass is 32.1. The van der Waals surface area contributed by atoms with Crippen LogP contribution < -0.4 is 16.0 Å². The first kappa shape index (κ1) is 15.2. The van der Waals surface area contributed by atoms with Gasteiger partial charge >= 0.3 is 6.03 Å². The van der Waals surface area contributed by atoms with Crippen molar-refractivity contribution >= 4 is 29.0 Å². The minimum Gasteiger partial charge on any atom is -0.326 e. The minimum atomic E-state index is -0.560. The fraction of sp³-hybridized carbons (Fsp3) is 0.125. The Hall–Kier alpha value is -2.67. The van der Waals surface area contributed by atoms with Crippen LogP contribution in [-0.2, 0) is 4.79 Å². The minimum absolute atomic E-state index is 0.0969. The predicted molar refractivity (Wildman–Crippen MR) is 86.5 cm³/mol. The molecular formula is C16H14FN3O2S. The lowest BCUT2D eigenvalue weighted by Crippen LogP contribution is -2.45. The highest BCUT2D eigenvalue weighted by Gasteiger charge is 2.31. The molecule has 3 rings (SSSR count). The van der Waals surface area contributed by atoms with E-state index in [0.717, 1.165) is 4.88 Å². The van der Waals surface area contributed by atoms with Crippen LogP contribution in [0, 0.1) is 5.82 Å². The molecule has 2 aromatic rings. The van der Waals surface area contributed by atoms with E-state index in [9.17, 15) is 14.0 Å². The molecule has 7 heteroatoms. The Morgan fingerprint density at radius 1 is 1.26 bits per heavy atom. The second-order valence-electron chi connectivity index (χ2n) is 5.02. The van der Waals surface area contributed by atoms with Crippen LogP contribution in [0.3, 0.4) is 0 Å². The molecule has 0 bridgehead atoms. The first-order valence-electron chi connectivity index (χ1n) is 6.94. The van der Waals surface area contributed by atoms with Gasteiger partial charge in [0.15, 0.2) is 0 Å². The van der Waals surface area contributed by atoms with Crippen molar-refractivity contribution in [3.05, 3.63) is 63.7 Å². The normalized spacial score (nSPS) is 17.5. The number of hydrogen-bond acceptors (Lipinski definition) is 3. The Kier molecular flexibility index (Phi) is 4.12. The van der Waals surface area contributed by atoms with Gasteiger partial charge in [0.05, 0.1) is 17.3 Å². The Morgan fingerprint density at radius 2 is 2.04 bits per heavy atom. The summed E-state index contributed by atoms with van der Waals surface area (Å²) in [5, 5.41) is 9.74. The summed E-state index contributed by atoms with van der Waals surface area (Å²) in [6, 6.07) is 8.69. The van der Waals surface area contributed by atoms with Gasteiger partial charge in [0.2, 0.25) is 0 Å². The Labute approximate surface area is 136 Å². The van der Waals surface area contributed by atoms with Gasteiger partial charge in [0, 0.05) is 10.6 Å². The molecule has 0 saturated carbocycles. The summed E-state index contributed by atoms with van der Waals surface area (Å²) >= 11 is 1.43. The monoisotopic (exact) mass is 331 g/mol. The van der Waals surface area contributed by atoms with Gasteiger partial charge in [-0.1, -0.05) is 18.2 Å². The number of carbonyl (C=O) groups is 2. The first-order chi connectivity index (χ1) is 11.1. The number of rotatable bonds is 3. The Bertz CT molecular complexity index is 786. The number of hydrogen-bond donors (Lipinski definition) is 3. The number of urea groups is 1. The Morgan fingerprint density at radius 3 is 2.74 bits per heavy atom. The highest BCUT2D eigenvalue weighted by Crippen LogP contribution is 2.30. The Balaban J connectivity index is 1.94. The van der Waals surface area contributed by atoms with E-state index in [-0.39, 0.29) is 11.7 Å². The number of halogens is 1. The molecule has 0 saturated heterocycles. The van der Waals surface area contributed by atoms with Crippen molar-refractivity contribution in [2.45, 2.75) is 13.0 Å². The van der Waals surface area contributed by atoms with E-state index in [0.29, 0.717) is 11.3 Å². The van der Waals surface area contributed by atoms with Gasteiger partial charge < -0.3 is 16.0 Å². The first-order valence-corrected chi connectivity index (χ1v) is 7.82. The number of allylic oxidation sites excluding steroid dienone is 1. The topological polar surface area (TPSA) is 70.2 Å². The molecule has 0 fully saturated rings. The molecular weight excluding hydrogens is 317 g/mol. The summed E-state index contributed by atoms with van der Waals surface area (Å²) in [7, 11) is 0. The number of thiophene rings is 1. The third-order valence-electron chi connectivity index (χ3n) is 3.46. The molecule has 1 atom stereocenters. The molecule has 3 N–H and O–H groups in total. The maximum atomic E-state index is 13.7. The van der Waals surface area contributed by atoms with E-state index < -0.39 is 17.8 Å². The molecule has 0 spiro atoms. The number of nitrogens with one attached hydrogen (secondary N) is 3. The molecule has 118 valence electrons.